The molecule has 4 heterocycles. The monoisotopic (exact) mass is 494 g/mol. The lowest BCUT2D eigenvalue weighted by Gasteiger charge is -2.39. The Morgan fingerprint density at radius 1 is 1.00 bits per heavy atom. The van der Waals surface area contributed by atoms with Gasteiger partial charge >= 0.3 is 0 Å². The molecule has 7 nitrogen and oxygen atoms in total. The number of hydrogen-bond acceptors (Lipinski definition) is 6. The van der Waals surface area contributed by atoms with E-state index in [0.717, 1.165) is 35.9 Å². The lowest BCUT2D eigenvalue weighted by molar-refractivity contribution is 0.212. The number of pyridine rings is 1. The van der Waals surface area contributed by atoms with Gasteiger partial charge < -0.3 is 9.64 Å². The number of rotatable bonds is 5. The normalized spacial score (nSPS) is 19.1. The number of anilines is 1. The molecular weight excluding hydrogens is 467 g/mol. The second-order valence-electron chi connectivity index (χ2n) is 9.67. The van der Waals surface area contributed by atoms with Crippen molar-refractivity contribution >= 4 is 5.82 Å². The molecule has 2 bridgehead atoms. The van der Waals surface area contributed by atoms with Gasteiger partial charge in [0.25, 0.3) is 0 Å². The molecule has 0 spiro atoms. The number of nitrogens with zero attached hydrogens (tertiary/aromatic N) is 6. The molecule has 2 aromatic heterocycles. The van der Waals surface area contributed by atoms with E-state index in [0.29, 0.717) is 29.0 Å². The van der Waals surface area contributed by atoms with Crippen molar-refractivity contribution in [2.45, 2.75) is 24.9 Å². The summed E-state index contributed by atoms with van der Waals surface area (Å²) in [6.07, 6.45) is 6.15. The number of ether oxygens (including phenoxy) is 1. The molecule has 0 amide bonds. The zero-order valence-corrected chi connectivity index (χ0v) is 20.8. The first kappa shape index (κ1) is 23.2. The van der Waals surface area contributed by atoms with Gasteiger partial charge in [0.15, 0.2) is 5.82 Å². The Bertz CT molecular complexity index is 1490. The number of methoxy groups -OCH3 is 1. The summed E-state index contributed by atoms with van der Waals surface area (Å²) in [6, 6.07) is 19.4. The Hall–Kier alpha value is -4.22. The third-order valence-electron chi connectivity index (χ3n) is 7.65. The highest BCUT2D eigenvalue weighted by Gasteiger charge is 2.37. The van der Waals surface area contributed by atoms with E-state index in [4.69, 9.17) is 9.72 Å². The highest BCUT2D eigenvalue weighted by Crippen LogP contribution is 2.37. The lowest BCUT2D eigenvalue weighted by Crippen LogP contribution is -2.52. The van der Waals surface area contributed by atoms with Crippen LogP contribution in [0, 0.1) is 17.1 Å². The van der Waals surface area contributed by atoms with Gasteiger partial charge in [0.2, 0.25) is 0 Å². The van der Waals surface area contributed by atoms with Gasteiger partial charge in [-0.15, -0.1) is 0 Å². The number of piperazine rings is 1. The Balaban J connectivity index is 1.32. The topological polar surface area (TPSA) is 70.2 Å². The SMILES string of the molecule is COc1cccc(F)c1-c1cc(-c2cnn(-c3cccc(N4CC5CCC(C4)N5C)n3)c2)ccc1C#N. The fraction of sp³-hybridized carbons (Fsp3) is 0.276. The maximum atomic E-state index is 14.8. The van der Waals surface area contributed by atoms with Gasteiger partial charge in [-0.2, -0.15) is 10.4 Å². The van der Waals surface area contributed by atoms with Crippen molar-refractivity contribution < 1.29 is 9.13 Å². The van der Waals surface area contributed by atoms with Crippen LogP contribution in [0.25, 0.3) is 28.1 Å². The first-order valence-corrected chi connectivity index (χ1v) is 12.4. The van der Waals surface area contributed by atoms with E-state index in [1.165, 1.54) is 26.0 Å². The van der Waals surface area contributed by atoms with Crippen molar-refractivity contribution in [1.29, 1.82) is 5.26 Å². The van der Waals surface area contributed by atoms with Crippen molar-refractivity contribution in [2.75, 3.05) is 32.1 Å². The van der Waals surface area contributed by atoms with E-state index >= 15 is 0 Å². The molecule has 2 aliphatic heterocycles. The minimum atomic E-state index is -0.443. The predicted molar refractivity (Wildman–Crippen MR) is 140 cm³/mol. The fourth-order valence-corrected chi connectivity index (χ4v) is 5.58. The fourth-order valence-electron chi connectivity index (χ4n) is 5.58. The van der Waals surface area contributed by atoms with Crippen LogP contribution in [0.4, 0.5) is 10.2 Å². The van der Waals surface area contributed by atoms with Gasteiger partial charge in [0, 0.05) is 42.5 Å². The van der Waals surface area contributed by atoms with Crippen LogP contribution in [0.15, 0.2) is 67.0 Å². The van der Waals surface area contributed by atoms with Gasteiger partial charge in [0.05, 0.1) is 30.5 Å². The molecule has 0 radical (unpaired) electrons. The van der Waals surface area contributed by atoms with Gasteiger partial charge in [-0.25, -0.2) is 14.1 Å². The van der Waals surface area contributed by atoms with E-state index in [1.54, 1.807) is 29.1 Å². The van der Waals surface area contributed by atoms with E-state index in [1.807, 2.05) is 30.5 Å². The minimum Gasteiger partial charge on any atom is -0.496 e. The average Bonchev–Trinajstić information content (AvgIpc) is 3.48. The summed E-state index contributed by atoms with van der Waals surface area (Å²) in [5.41, 5.74) is 2.78. The molecule has 0 N–H and O–H groups in total. The molecule has 2 fully saturated rings. The maximum Gasteiger partial charge on any atom is 0.155 e. The highest BCUT2D eigenvalue weighted by atomic mass is 19.1. The van der Waals surface area contributed by atoms with Crippen LogP contribution in [0.5, 0.6) is 5.75 Å². The smallest absolute Gasteiger partial charge is 0.155 e. The number of hydrogen-bond donors (Lipinski definition) is 0. The second-order valence-corrected chi connectivity index (χ2v) is 9.67. The second kappa shape index (κ2) is 9.34. The van der Waals surface area contributed by atoms with E-state index in [-0.39, 0.29) is 5.56 Å². The van der Waals surface area contributed by atoms with E-state index < -0.39 is 5.82 Å². The van der Waals surface area contributed by atoms with Gasteiger partial charge in [-0.05, 0) is 61.9 Å². The largest absolute Gasteiger partial charge is 0.496 e. The van der Waals surface area contributed by atoms with Gasteiger partial charge in [-0.1, -0.05) is 18.2 Å². The standard InChI is InChI=1S/C29H27FN6O/c1-34-22-11-12-23(34)18-35(17-22)27-7-4-8-28(33-27)36-16-21(15-32-36)19-9-10-20(14-31)24(13-19)29-25(30)5-3-6-26(29)37-2/h3-10,13,15-16,22-23H,11-12,17-18H2,1-2H3. The van der Waals surface area contributed by atoms with Gasteiger partial charge in [0.1, 0.15) is 17.4 Å². The lowest BCUT2D eigenvalue weighted by atomic mass is 9.95. The number of fused-ring (bicyclic) bond motifs is 2. The number of halogens is 1. The molecule has 37 heavy (non-hydrogen) atoms. The summed E-state index contributed by atoms with van der Waals surface area (Å²) < 4.78 is 22.0. The molecule has 0 saturated carbocycles. The zero-order valence-electron chi connectivity index (χ0n) is 20.8. The number of likely N-dealkylation sites (N-methyl/N-ethyl adjacent to an activating group) is 1. The Kier molecular flexibility index (Phi) is 5.85. The molecule has 2 aliphatic rings. The van der Waals surface area contributed by atoms with Crippen molar-refractivity contribution in [3.05, 3.63) is 78.4 Å². The summed E-state index contributed by atoms with van der Waals surface area (Å²) in [5, 5.41) is 14.3. The quantitative estimate of drug-likeness (QED) is 0.393. The third kappa shape index (κ3) is 4.11. The van der Waals surface area contributed by atoms with Crippen molar-refractivity contribution in [1.82, 2.24) is 19.7 Å². The minimum absolute atomic E-state index is 0.270. The van der Waals surface area contributed by atoms with Crippen molar-refractivity contribution in [3.8, 4) is 39.9 Å². The van der Waals surface area contributed by atoms with Crippen LogP contribution in [0.2, 0.25) is 0 Å². The summed E-state index contributed by atoms with van der Waals surface area (Å²) in [4.78, 5) is 9.80. The Labute approximate surface area is 215 Å². The van der Waals surface area contributed by atoms with Crippen molar-refractivity contribution in [2.24, 2.45) is 0 Å². The predicted octanol–water partition coefficient (Wildman–Crippen LogP) is 4.90. The molecule has 2 unspecified atom stereocenters. The molecule has 2 aromatic carbocycles. The Morgan fingerprint density at radius 2 is 1.76 bits per heavy atom. The van der Waals surface area contributed by atoms with E-state index in [2.05, 4.69) is 34.1 Å². The van der Waals surface area contributed by atoms with Crippen LogP contribution in [0.3, 0.4) is 0 Å². The highest BCUT2D eigenvalue weighted by molar-refractivity contribution is 5.81. The number of aromatic nitrogens is 3. The number of nitriles is 1. The first-order valence-electron chi connectivity index (χ1n) is 12.4. The van der Waals surface area contributed by atoms with Gasteiger partial charge in [-0.3, -0.25) is 4.90 Å². The summed E-state index contributed by atoms with van der Waals surface area (Å²) in [6.45, 7) is 1.97. The van der Waals surface area contributed by atoms with Crippen LogP contribution in [0.1, 0.15) is 18.4 Å². The summed E-state index contributed by atoms with van der Waals surface area (Å²) in [5.74, 6) is 1.64. The third-order valence-corrected chi connectivity index (χ3v) is 7.65. The molecule has 2 saturated heterocycles. The maximum absolute atomic E-state index is 14.8. The average molecular weight is 495 g/mol. The molecular formula is C29H27FN6O. The molecule has 0 aliphatic carbocycles. The first-order chi connectivity index (χ1) is 18.1. The Morgan fingerprint density at radius 3 is 2.51 bits per heavy atom. The van der Waals surface area contributed by atoms with Crippen LogP contribution in [-0.2, 0) is 0 Å². The molecule has 2 atom stereocenters. The van der Waals surface area contributed by atoms with Crippen LogP contribution >= 0.6 is 0 Å². The molecule has 6 rings (SSSR count). The molecule has 4 aromatic rings. The van der Waals surface area contributed by atoms with Crippen molar-refractivity contribution in [3.63, 3.8) is 0 Å². The van der Waals surface area contributed by atoms with Crippen LogP contribution in [-0.4, -0.2) is 59.0 Å². The molecule has 186 valence electrons. The zero-order chi connectivity index (χ0) is 25.5. The molecule has 8 heteroatoms. The number of benzene rings is 2. The summed E-state index contributed by atoms with van der Waals surface area (Å²) >= 11 is 0. The van der Waals surface area contributed by atoms with Crippen LogP contribution < -0.4 is 9.64 Å². The van der Waals surface area contributed by atoms with E-state index in [9.17, 15) is 9.65 Å². The summed E-state index contributed by atoms with van der Waals surface area (Å²) in [7, 11) is 3.72.